The Kier molecular flexibility index (Phi) is 34.2. The molecule has 37 heavy (non-hydrogen) atoms. The maximum absolute atomic E-state index is 2.37. The Labute approximate surface area is 257 Å². The molecule has 228 valence electrons. The lowest BCUT2D eigenvalue weighted by Crippen LogP contribution is -3.00. The normalized spacial score (nSPS) is 11.8. The van der Waals surface area contributed by atoms with Gasteiger partial charge in [-0.25, -0.2) is 0 Å². The molecule has 0 unspecified atom stereocenters. The maximum Gasteiger partial charge on any atom is 0.0786 e. The molecule has 0 aliphatic carbocycles. The van der Waals surface area contributed by atoms with Crippen molar-refractivity contribution in [2.24, 2.45) is 0 Å². The van der Waals surface area contributed by atoms with Gasteiger partial charge in [0.1, 0.15) is 0 Å². The summed E-state index contributed by atoms with van der Waals surface area (Å²) in [5, 5.41) is 0. The van der Waals surface area contributed by atoms with E-state index >= 15 is 0 Å². The molecular formula is C33H72Br2N2. The number of hydrogen-bond donors (Lipinski definition) is 0. The van der Waals surface area contributed by atoms with Crippen LogP contribution in [0.15, 0.2) is 0 Å². The summed E-state index contributed by atoms with van der Waals surface area (Å²) in [7, 11) is 0. The molecule has 0 fully saturated rings. The van der Waals surface area contributed by atoms with Gasteiger partial charge in [0, 0.05) is 0 Å². The summed E-state index contributed by atoms with van der Waals surface area (Å²) in [5.74, 6) is 0. The Morgan fingerprint density at radius 3 is 0.514 bits per heavy atom. The lowest BCUT2D eigenvalue weighted by Gasteiger charge is -2.35. The van der Waals surface area contributed by atoms with E-state index in [1.165, 1.54) is 183 Å². The Morgan fingerprint density at radius 1 is 0.243 bits per heavy atom. The third-order valence-electron chi connectivity index (χ3n) is 9.79. The smallest absolute Gasteiger partial charge is 0.0786 e. The second-order valence-electron chi connectivity index (χ2n) is 11.7. The van der Waals surface area contributed by atoms with Gasteiger partial charge in [-0.2, -0.15) is 0 Å². The summed E-state index contributed by atoms with van der Waals surface area (Å²) >= 11 is 0. The first-order valence-electron chi connectivity index (χ1n) is 16.8. The molecular weight excluding hydrogens is 584 g/mol. The van der Waals surface area contributed by atoms with Crippen LogP contribution < -0.4 is 34.0 Å². The van der Waals surface area contributed by atoms with Crippen molar-refractivity contribution in [3.05, 3.63) is 0 Å². The van der Waals surface area contributed by atoms with E-state index in [1.807, 2.05) is 0 Å². The average molecular weight is 657 g/mol. The number of quaternary nitrogens is 2. The zero-order valence-electron chi connectivity index (χ0n) is 26.7. The molecule has 0 spiro atoms. The van der Waals surface area contributed by atoms with E-state index in [2.05, 4.69) is 41.5 Å². The van der Waals surface area contributed by atoms with Crippen LogP contribution in [-0.2, 0) is 0 Å². The molecule has 2 nitrogen and oxygen atoms in total. The first kappa shape index (κ1) is 42.3. The highest BCUT2D eigenvalue weighted by Gasteiger charge is 2.20. The molecule has 0 atom stereocenters. The standard InChI is InChI=1S/C33H72N2.2BrH/c1-7-34(8-2,9-3)32-30-28-26-24-22-20-18-16-14-13-15-17-19-21-23-25-27-29-31-33-35(10-4,11-5)12-6;;/h7-33H2,1-6H3;2*1H/q+2;;/p-2. The van der Waals surface area contributed by atoms with Gasteiger partial charge in [0.05, 0.1) is 52.4 Å². The zero-order valence-corrected chi connectivity index (χ0v) is 29.9. The largest absolute Gasteiger partial charge is 1.00 e. The van der Waals surface area contributed by atoms with Gasteiger partial charge in [0.15, 0.2) is 0 Å². The topological polar surface area (TPSA) is 0 Å². The molecule has 0 radical (unpaired) electrons. The summed E-state index contributed by atoms with van der Waals surface area (Å²) in [6, 6.07) is 0. The number of hydrogen-bond acceptors (Lipinski definition) is 0. The molecule has 0 saturated carbocycles. The van der Waals surface area contributed by atoms with Crippen LogP contribution in [0.3, 0.4) is 0 Å². The Balaban J connectivity index is -0.00000578. The van der Waals surface area contributed by atoms with Gasteiger partial charge < -0.3 is 42.9 Å². The van der Waals surface area contributed by atoms with Crippen LogP contribution in [0, 0.1) is 0 Å². The van der Waals surface area contributed by atoms with Crippen molar-refractivity contribution < 1.29 is 42.9 Å². The molecule has 0 aliphatic rings. The van der Waals surface area contributed by atoms with Crippen molar-refractivity contribution in [1.29, 1.82) is 0 Å². The predicted molar refractivity (Wildman–Crippen MR) is 161 cm³/mol. The minimum atomic E-state index is 0. The lowest BCUT2D eigenvalue weighted by molar-refractivity contribution is -0.923. The molecule has 4 heteroatoms. The van der Waals surface area contributed by atoms with E-state index in [1.54, 1.807) is 0 Å². The first-order chi connectivity index (χ1) is 17.1. The lowest BCUT2D eigenvalue weighted by atomic mass is 10.0. The second kappa shape index (κ2) is 29.9. The molecule has 0 aromatic rings. The average Bonchev–Trinajstić information content (AvgIpc) is 2.90. The Bertz CT molecular complexity index is 368. The van der Waals surface area contributed by atoms with E-state index in [9.17, 15) is 0 Å². The van der Waals surface area contributed by atoms with E-state index in [0.29, 0.717) is 0 Å². The predicted octanol–water partition coefficient (Wildman–Crippen LogP) is 4.16. The highest BCUT2D eigenvalue weighted by Crippen LogP contribution is 2.16. The van der Waals surface area contributed by atoms with Gasteiger partial charge >= 0.3 is 0 Å². The van der Waals surface area contributed by atoms with E-state index in [4.69, 9.17) is 0 Å². The van der Waals surface area contributed by atoms with Crippen molar-refractivity contribution in [3.8, 4) is 0 Å². The fourth-order valence-electron chi connectivity index (χ4n) is 6.19. The third-order valence-corrected chi connectivity index (χ3v) is 9.79. The van der Waals surface area contributed by atoms with Gasteiger partial charge in [-0.1, -0.05) is 96.3 Å². The molecule has 0 amide bonds. The molecule has 0 aliphatic heterocycles. The van der Waals surface area contributed by atoms with E-state index in [0.717, 1.165) is 0 Å². The van der Waals surface area contributed by atoms with Crippen LogP contribution in [0.4, 0.5) is 0 Å². The summed E-state index contributed by atoms with van der Waals surface area (Å²) in [6.07, 6.45) is 28.0. The fourth-order valence-corrected chi connectivity index (χ4v) is 6.19. The van der Waals surface area contributed by atoms with Crippen LogP contribution in [-0.4, -0.2) is 61.3 Å². The quantitative estimate of drug-likeness (QED) is 0.0878. The minimum absolute atomic E-state index is 0. The number of nitrogens with zero attached hydrogens (tertiary/aromatic N) is 2. The van der Waals surface area contributed by atoms with Crippen LogP contribution in [0.2, 0.25) is 0 Å². The van der Waals surface area contributed by atoms with E-state index in [-0.39, 0.29) is 34.0 Å². The minimum Gasteiger partial charge on any atom is -1.00 e. The molecule has 0 rings (SSSR count). The zero-order chi connectivity index (χ0) is 26.1. The highest BCUT2D eigenvalue weighted by molar-refractivity contribution is 4.52. The fraction of sp³-hybridized carbons (Fsp3) is 1.00. The van der Waals surface area contributed by atoms with Crippen molar-refractivity contribution >= 4 is 0 Å². The van der Waals surface area contributed by atoms with Gasteiger partial charge in [-0.05, 0) is 67.2 Å². The van der Waals surface area contributed by atoms with Gasteiger partial charge in [-0.15, -0.1) is 0 Å². The monoisotopic (exact) mass is 654 g/mol. The molecule has 0 saturated heterocycles. The summed E-state index contributed by atoms with van der Waals surface area (Å²) in [6.45, 7) is 24.9. The molecule has 0 heterocycles. The Hall–Kier alpha value is 0.880. The van der Waals surface area contributed by atoms with Crippen LogP contribution in [0.1, 0.15) is 164 Å². The molecule has 0 N–H and O–H groups in total. The van der Waals surface area contributed by atoms with Crippen molar-refractivity contribution in [3.63, 3.8) is 0 Å². The number of rotatable bonds is 28. The van der Waals surface area contributed by atoms with Crippen molar-refractivity contribution in [2.45, 2.75) is 164 Å². The van der Waals surface area contributed by atoms with E-state index < -0.39 is 0 Å². The van der Waals surface area contributed by atoms with Crippen LogP contribution in [0.5, 0.6) is 0 Å². The summed E-state index contributed by atoms with van der Waals surface area (Å²) < 4.78 is 2.66. The third kappa shape index (κ3) is 22.3. The SMILES string of the molecule is CC[N+](CC)(CC)CCCCCCCCCCCCCCCCCCCCC[N+](CC)(CC)CC.[Br-].[Br-]. The molecule has 0 aromatic heterocycles. The van der Waals surface area contributed by atoms with Gasteiger partial charge in [0.2, 0.25) is 0 Å². The maximum atomic E-state index is 2.37. The molecule has 0 bridgehead atoms. The summed E-state index contributed by atoms with van der Waals surface area (Å²) in [5.41, 5.74) is 0. The second-order valence-corrected chi connectivity index (χ2v) is 11.7. The van der Waals surface area contributed by atoms with Crippen LogP contribution in [0.25, 0.3) is 0 Å². The number of unbranched alkanes of at least 4 members (excludes halogenated alkanes) is 18. The number of halogens is 2. The van der Waals surface area contributed by atoms with Crippen molar-refractivity contribution in [1.82, 2.24) is 0 Å². The highest BCUT2D eigenvalue weighted by atomic mass is 79.9. The summed E-state index contributed by atoms with van der Waals surface area (Å²) in [4.78, 5) is 0. The van der Waals surface area contributed by atoms with Crippen LogP contribution >= 0.6 is 0 Å². The first-order valence-corrected chi connectivity index (χ1v) is 16.8. The van der Waals surface area contributed by atoms with Gasteiger partial charge in [0.25, 0.3) is 0 Å². The molecule has 0 aromatic carbocycles. The Morgan fingerprint density at radius 2 is 0.378 bits per heavy atom. The van der Waals surface area contributed by atoms with Gasteiger partial charge in [-0.3, -0.25) is 0 Å². The van der Waals surface area contributed by atoms with Crippen molar-refractivity contribution in [2.75, 3.05) is 52.4 Å².